The lowest BCUT2D eigenvalue weighted by atomic mass is 10.1. The fourth-order valence-electron chi connectivity index (χ4n) is 4.90. The number of aryl methyl sites for hydroxylation is 1. The highest BCUT2D eigenvalue weighted by Gasteiger charge is 2.23. The molecule has 194 valence electrons. The topological polar surface area (TPSA) is 123 Å². The number of aromatic hydroxyl groups is 1. The molecule has 0 amide bonds. The van der Waals surface area contributed by atoms with Crippen molar-refractivity contribution in [1.82, 2.24) is 23.7 Å². The van der Waals surface area contributed by atoms with Crippen LogP contribution in [0.4, 0.5) is 11.6 Å². The van der Waals surface area contributed by atoms with Crippen molar-refractivity contribution in [3.63, 3.8) is 0 Å². The smallest absolute Gasteiger partial charge is 0.329 e. The first-order chi connectivity index (χ1) is 18.9. The van der Waals surface area contributed by atoms with Crippen LogP contribution in [0.3, 0.4) is 0 Å². The highest BCUT2D eigenvalue weighted by Crippen LogP contribution is 2.40. The number of fused-ring (bicyclic) bond motifs is 2. The van der Waals surface area contributed by atoms with Crippen molar-refractivity contribution in [2.24, 2.45) is 17.3 Å². The second kappa shape index (κ2) is 9.56. The number of hydrogen-bond donors (Lipinski definition) is 2. The summed E-state index contributed by atoms with van der Waals surface area (Å²) in [6.07, 6.45) is 0. The number of aromatic nitrogens is 5. The quantitative estimate of drug-likeness (QED) is 0.295. The number of imidazole rings is 1. The first-order valence-electron chi connectivity index (χ1n) is 12.5. The number of para-hydroxylation sites is 1. The Kier molecular flexibility index (Phi) is 5.91. The molecule has 3 aromatic carbocycles. The molecule has 10 heteroatoms. The number of nitrogens with zero attached hydrogens (tertiary/aromatic N) is 6. The van der Waals surface area contributed by atoms with Gasteiger partial charge in [-0.2, -0.15) is 4.98 Å². The van der Waals surface area contributed by atoms with E-state index >= 15 is 0 Å². The Labute approximate surface area is 222 Å². The Bertz CT molecular complexity index is 1970. The minimum Gasteiger partial charge on any atom is -0.493 e. The van der Waals surface area contributed by atoms with Gasteiger partial charge in [0.25, 0.3) is 11.5 Å². The zero-order valence-corrected chi connectivity index (χ0v) is 21.3. The van der Waals surface area contributed by atoms with Gasteiger partial charge in [-0.05, 0) is 24.1 Å². The van der Waals surface area contributed by atoms with E-state index in [0.29, 0.717) is 6.54 Å². The van der Waals surface area contributed by atoms with Crippen LogP contribution in [0.2, 0.25) is 0 Å². The second-order valence-corrected chi connectivity index (χ2v) is 9.32. The van der Waals surface area contributed by atoms with E-state index in [1.165, 1.54) is 11.6 Å². The summed E-state index contributed by atoms with van der Waals surface area (Å²) >= 11 is 0. The van der Waals surface area contributed by atoms with Crippen LogP contribution in [0, 0.1) is 0 Å². The number of H-pyrrole nitrogens is 1. The molecule has 2 N–H and O–H groups in total. The van der Waals surface area contributed by atoms with Gasteiger partial charge in [-0.25, -0.2) is 4.79 Å². The normalized spacial score (nSPS) is 12.6. The third kappa shape index (κ3) is 4.11. The van der Waals surface area contributed by atoms with Gasteiger partial charge >= 0.3 is 5.69 Å². The Balaban J connectivity index is 1.53. The monoisotopic (exact) mass is 519 g/mol. The molecule has 10 nitrogen and oxygen atoms in total. The predicted molar refractivity (Wildman–Crippen MR) is 149 cm³/mol. The molecule has 1 atom stereocenters. The number of benzene rings is 3. The number of aromatic amines is 1. The lowest BCUT2D eigenvalue weighted by Crippen LogP contribution is -2.29. The molecule has 3 heterocycles. The fourth-order valence-corrected chi connectivity index (χ4v) is 4.90. The molecule has 3 aromatic heterocycles. The minimum absolute atomic E-state index is 0.0344. The van der Waals surface area contributed by atoms with Gasteiger partial charge < -0.3 is 9.67 Å². The molecular formula is C29H25N7O3. The summed E-state index contributed by atoms with van der Waals surface area (Å²) in [5.41, 5.74) is 2.30. The first-order valence-corrected chi connectivity index (χ1v) is 12.5. The third-order valence-electron chi connectivity index (χ3n) is 6.94. The van der Waals surface area contributed by atoms with Crippen LogP contribution < -0.4 is 11.2 Å². The maximum atomic E-state index is 13.0. The highest BCUT2D eigenvalue weighted by molar-refractivity contribution is 5.95. The van der Waals surface area contributed by atoms with Crippen LogP contribution in [0.1, 0.15) is 24.1 Å². The maximum Gasteiger partial charge on any atom is 0.329 e. The van der Waals surface area contributed by atoms with E-state index in [0.717, 1.165) is 22.0 Å². The number of rotatable bonds is 6. The zero-order valence-electron chi connectivity index (χ0n) is 21.3. The van der Waals surface area contributed by atoms with E-state index in [1.54, 1.807) is 9.13 Å². The summed E-state index contributed by atoms with van der Waals surface area (Å²) in [5, 5.41) is 20.9. The van der Waals surface area contributed by atoms with Gasteiger partial charge in [0, 0.05) is 12.4 Å². The molecule has 0 saturated carbocycles. The van der Waals surface area contributed by atoms with Gasteiger partial charge in [0.05, 0.1) is 18.1 Å². The van der Waals surface area contributed by atoms with Crippen molar-refractivity contribution in [1.29, 1.82) is 0 Å². The Morgan fingerprint density at radius 3 is 2.33 bits per heavy atom. The molecule has 6 rings (SSSR count). The summed E-state index contributed by atoms with van der Waals surface area (Å²) in [6.45, 7) is 2.37. The molecule has 0 aliphatic carbocycles. The highest BCUT2D eigenvalue weighted by atomic mass is 16.3. The molecule has 0 spiro atoms. The predicted octanol–water partition coefficient (Wildman–Crippen LogP) is 5.16. The van der Waals surface area contributed by atoms with Crippen LogP contribution in [-0.4, -0.2) is 28.8 Å². The fraction of sp³-hybridized carbons (Fsp3) is 0.138. The van der Waals surface area contributed by atoms with Gasteiger partial charge in [0.1, 0.15) is 0 Å². The van der Waals surface area contributed by atoms with Crippen LogP contribution in [0.25, 0.3) is 22.1 Å². The lowest BCUT2D eigenvalue weighted by molar-refractivity contribution is 0.429. The second-order valence-electron chi connectivity index (χ2n) is 9.32. The summed E-state index contributed by atoms with van der Waals surface area (Å²) in [4.78, 5) is 32.1. The van der Waals surface area contributed by atoms with E-state index < -0.39 is 11.2 Å². The van der Waals surface area contributed by atoms with Gasteiger partial charge in [-0.3, -0.25) is 18.9 Å². The van der Waals surface area contributed by atoms with Crippen molar-refractivity contribution >= 4 is 33.7 Å². The zero-order chi connectivity index (χ0) is 27.1. The number of hydrogen-bond acceptors (Lipinski definition) is 6. The Morgan fingerprint density at radius 1 is 0.923 bits per heavy atom. The van der Waals surface area contributed by atoms with E-state index in [-0.39, 0.29) is 34.7 Å². The molecule has 0 aliphatic heterocycles. The summed E-state index contributed by atoms with van der Waals surface area (Å²) in [6, 6.07) is 26.6. The van der Waals surface area contributed by atoms with E-state index in [1.807, 2.05) is 91.9 Å². The molecular weight excluding hydrogens is 494 g/mol. The summed E-state index contributed by atoms with van der Waals surface area (Å²) in [5.74, 6) is 0.0974. The lowest BCUT2D eigenvalue weighted by Gasteiger charge is -2.15. The molecule has 0 unspecified atom stereocenters. The minimum atomic E-state index is -0.574. The number of azo groups is 1. The van der Waals surface area contributed by atoms with E-state index in [4.69, 9.17) is 0 Å². The molecule has 0 fully saturated rings. The molecule has 0 radical (unpaired) electrons. The molecule has 0 saturated heterocycles. The summed E-state index contributed by atoms with van der Waals surface area (Å²) < 4.78 is 4.71. The van der Waals surface area contributed by atoms with Gasteiger partial charge in [-0.1, -0.05) is 78.9 Å². The standard InChI is InChI=1S/C29H25N7O3/c1-18(20-13-7-4-8-14-20)36-24-25(34(2)29(39)31-26(24)37)30-28(36)33-32-23-21-15-9-10-16-22(21)35(27(23)38)17-19-11-5-3-6-12-19/h3-16,18,38H,17H2,1-2H3,(H,31,37,39)/t18-/m1/s1. The average molecular weight is 520 g/mol. The molecule has 0 aliphatic rings. The van der Waals surface area contributed by atoms with Crippen molar-refractivity contribution in [3.8, 4) is 5.88 Å². The Hall–Kier alpha value is -5.25. The summed E-state index contributed by atoms with van der Waals surface area (Å²) in [7, 11) is 1.54. The number of nitrogens with one attached hydrogen (secondary N) is 1. The SMILES string of the molecule is C[C@H](c1ccccc1)n1c(N=Nc2c(O)n(Cc3ccccc3)c3ccccc23)nc2c1c(=O)[nH]c(=O)n2C. The van der Waals surface area contributed by atoms with Crippen molar-refractivity contribution in [2.75, 3.05) is 0 Å². The van der Waals surface area contributed by atoms with Crippen LogP contribution in [0.5, 0.6) is 5.88 Å². The van der Waals surface area contributed by atoms with Crippen molar-refractivity contribution in [2.45, 2.75) is 19.5 Å². The third-order valence-corrected chi connectivity index (χ3v) is 6.94. The largest absolute Gasteiger partial charge is 0.493 e. The van der Waals surface area contributed by atoms with Gasteiger partial charge in [-0.15, -0.1) is 10.2 Å². The van der Waals surface area contributed by atoms with Crippen LogP contribution in [-0.2, 0) is 13.6 Å². The van der Waals surface area contributed by atoms with E-state index in [2.05, 4.69) is 20.2 Å². The van der Waals surface area contributed by atoms with Crippen molar-refractivity contribution in [3.05, 3.63) is 117 Å². The van der Waals surface area contributed by atoms with Crippen LogP contribution >= 0.6 is 0 Å². The van der Waals surface area contributed by atoms with Crippen LogP contribution in [0.15, 0.2) is 105 Å². The average Bonchev–Trinajstić information content (AvgIpc) is 3.47. The molecule has 0 bridgehead atoms. The maximum absolute atomic E-state index is 13.0. The molecule has 6 aromatic rings. The van der Waals surface area contributed by atoms with Gasteiger partial charge in [0.2, 0.25) is 5.88 Å². The van der Waals surface area contributed by atoms with Crippen molar-refractivity contribution < 1.29 is 5.11 Å². The first kappa shape index (κ1) is 24.1. The Morgan fingerprint density at radius 2 is 1.59 bits per heavy atom. The molecule has 39 heavy (non-hydrogen) atoms. The van der Waals surface area contributed by atoms with E-state index in [9.17, 15) is 14.7 Å². The van der Waals surface area contributed by atoms with Gasteiger partial charge in [0.15, 0.2) is 16.9 Å².